The Labute approximate surface area is 116 Å². The average Bonchev–Trinajstić information content (AvgIpc) is 2.39. The molecule has 2 unspecified atom stereocenters. The Bertz CT molecular complexity index is 274. The topological polar surface area (TPSA) is 20.3 Å². The van der Waals surface area contributed by atoms with Crippen LogP contribution in [-0.2, 0) is 4.79 Å². The summed E-state index contributed by atoms with van der Waals surface area (Å²) in [4.78, 5) is 14.8. The number of amides is 1. The van der Waals surface area contributed by atoms with E-state index in [-0.39, 0.29) is 5.38 Å². The monoisotopic (exact) mass is 271 g/mol. The standard InChI is InChI=1S/C15H26ClNO/c1-12(16)11-14-9-5-6-10-17(14)15(18)13-7-3-2-4-8-13/h12-14H,2-11H2,1H3. The number of nitrogens with zero attached hydrogens (tertiary/aromatic N) is 1. The molecule has 3 heteroatoms. The second-order valence-corrected chi connectivity index (χ2v) is 6.78. The van der Waals surface area contributed by atoms with E-state index in [1.807, 2.05) is 6.92 Å². The number of piperidine rings is 1. The van der Waals surface area contributed by atoms with Gasteiger partial charge in [-0.2, -0.15) is 0 Å². The van der Waals surface area contributed by atoms with Crippen LogP contribution in [0.3, 0.4) is 0 Å². The molecule has 2 atom stereocenters. The fourth-order valence-corrected chi connectivity index (χ4v) is 3.70. The Morgan fingerprint density at radius 2 is 1.83 bits per heavy atom. The van der Waals surface area contributed by atoms with Gasteiger partial charge in [-0.05, 0) is 45.4 Å². The molecule has 104 valence electrons. The van der Waals surface area contributed by atoms with E-state index in [1.165, 1.54) is 32.1 Å². The van der Waals surface area contributed by atoms with Crippen molar-refractivity contribution in [2.45, 2.75) is 76.1 Å². The molecule has 2 nitrogen and oxygen atoms in total. The van der Waals surface area contributed by atoms with Gasteiger partial charge in [-0.3, -0.25) is 4.79 Å². The van der Waals surface area contributed by atoms with Crippen molar-refractivity contribution in [3.8, 4) is 0 Å². The van der Waals surface area contributed by atoms with E-state index in [2.05, 4.69) is 4.90 Å². The maximum atomic E-state index is 12.6. The first-order valence-electron chi connectivity index (χ1n) is 7.63. The predicted octanol–water partition coefficient (Wildman–Crippen LogP) is 3.97. The minimum Gasteiger partial charge on any atom is -0.339 e. The van der Waals surface area contributed by atoms with Gasteiger partial charge in [-0.25, -0.2) is 0 Å². The molecule has 2 aliphatic rings. The van der Waals surface area contributed by atoms with Gasteiger partial charge in [0, 0.05) is 23.9 Å². The minimum absolute atomic E-state index is 0.176. The SMILES string of the molecule is CC(Cl)CC1CCCCN1C(=O)C1CCCCC1. The maximum absolute atomic E-state index is 12.6. The highest BCUT2D eigenvalue weighted by atomic mass is 35.5. The van der Waals surface area contributed by atoms with Gasteiger partial charge in [0.05, 0.1) is 0 Å². The van der Waals surface area contributed by atoms with Crippen LogP contribution in [0.2, 0.25) is 0 Å². The molecule has 2 fully saturated rings. The Hall–Kier alpha value is -0.240. The third-order valence-corrected chi connectivity index (χ3v) is 4.64. The summed E-state index contributed by atoms with van der Waals surface area (Å²) in [5.41, 5.74) is 0. The first-order chi connectivity index (χ1) is 8.68. The van der Waals surface area contributed by atoms with Gasteiger partial charge in [0.2, 0.25) is 5.91 Å². The molecule has 18 heavy (non-hydrogen) atoms. The van der Waals surface area contributed by atoms with E-state index >= 15 is 0 Å². The van der Waals surface area contributed by atoms with E-state index in [0.717, 1.165) is 32.2 Å². The molecule has 0 spiro atoms. The lowest BCUT2D eigenvalue weighted by Crippen LogP contribution is -2.47. The summed E-state index contributed by atoms with van der Waals surface area (Å²) < 4.78 is 0. The van der Waals surface area contributed by atoms with Crippen molar-refractivity contribution in [1.82, 2.24) is 4.90 Å². The van der Waals surface area contributed by atoms with Crippen LogP contribution in [0, 0.1) is 5.92 Å². The molecule has 0 aromatic rings. The number of likely N-dealkylation sites (tertiary alicyclic amines) is 1. The van der Waals surface area contributed by atoms with Crippen molar-refractivity contribution in [3.05, 3.63) is 0 Å². The Morgan fingerprint density at radius 3 is 2.50 bits per heavy atom. The molecule has 0 radical (unpaired) electrons. The predicted molar refractivity (Wildman–Crippen MR) is 75.9 cm³/mol. The van der Waals surface area contributed by atoms with E-state index < -0.39 is 0 Å². The minimum atomic E-state index is 0.176. The zero-order valence-corrected chi connectivity index (χ0v) is 12.3. The largest absolute Gasteiger partial charge is 0.339 e. The number of alkyl halides is 1. The number of hydrogen-bond donors (Lipinski definition) is 0. The Morgan fingerprint density at radius 1 is 1.17 bits per heavy atom. The van der Waals surface area contributed by atoms with Crippen molar-refractivity contribution in [3.63, 3.8) is 0 Å². The number of carbonyl (C=O) groups excluding carboxylic acids is 1. The molecule has 0 aromatic heterocycles. The normalized spacial score (nSPS) is 28.1. The molecule has 0 aromatic carbocycles. The van der Waals surface area contributed by atoms with Gasteiger partial charge in [0.25, 0.3) is 0 Å². The van der Waals surface area contributed by atoms with E-state index in [9.17, 15) is 4.79 Å². The van der Waals surface area contributed by atoms with Crippen LogP contribution in [-0.4, -0.2) is 28.8 Å². The Kier molecular flexibility index (Phi) is 5.35. The lowest BCUT2D eigenvalue weighted by Gasteiger charge is -2.39. The van der Waals surface area contributed by atoms with Crippen molar-refractivity contribution in [2.75, 3.05) is 6.54 Å². The van der Waals surface area contributed by atoms with Crippen molar-refractivity contribution >= 4 is 17.5 Å². The van der Waals surface area contributed by atoms with Crippen molar-refractivity contribution < 1.29 is 4.79 Å². The summed E-state index contributed by atoms with van der Waals surface area (Å²) in [7, 11) is 0. The highest BCUT2D eigenvalue weighted by Crippen LogP contribution is 2.30. The number of halogens is 1. The maximum Gasteiger partial charge on any atom is 0.225 e. The summed E-state index contributed by atoms with van der Waals surface area (Å²) in [6, 6.07) is 0.403. The second kappa shape index (κ2) is 6.79. The third kappa shape index (κ3) is 3.63. The molecule has 1 heterocycles. The van der Waals surface area contributed by atoms with Gasteiger partial charge < -0.3 is 4.90 Å². The summed E-state index contributed by atoms with van der Waals surface area (Å²) in [6.45, 7) is 3.00. The number of hydrogen-bond acceptors (Lipinski definition) is 1. The summed E-state index contributed by atoms with van der Waals surface area (Å²) in [5, 5.41) is 0.176. The summed E-state index contributed by atoms with van der Waals surface area (Å²) in [5.74, 6) is 0.738. The van der Waals surface area contributed by atoms with E-state index in [0.29, 0.717) is 17.9 Å². The molecular formula is C15H26ClNO. The molecule has 1 saturated carbocycles. The first kappa shape index (κ1) is 14.2. The van der Waals surface area contributed by atoms with Crippen LogP contribution in [0.15, 0.2) is 0 Å². The van der Waals surface area contributed by atoms with Crippen LogP contribution < -0.4 is 0 Å². The van der Waals surface area contributed by atoms with Gasteiger partial charge >= 0.3 is 0 Å². The van der Waals surface area contributed by atoms with Gasteiger partial charge in [0.15, 0.2) is 0 Å². The smallest absolute Gasteiger partial charge is 0.225 e. The van der Waals surface area contributed by atoms with Gasteiger partial charge in [-0.1, -0.05) is 19.3 Å². The molecule has 2 rings (SSSR count). The Balaban J connectivity index is 1.96. The first-order valence-corrected chi connectivity index (χ1v) is 8.06. The van der Waals surface area contributed by atoms with E-state index in [1.54, 1.807) is 0 Å². The fourth-order valence-electron chi connectivity index (χ4n) is 3.49. The number of carbonyl (C=O) groups is 1. The summed E-state index contributed by atoms with van der Waals surface area (Å²) >= 11 is 6.13. The zero-order chi connectivity index (χ0) is 13.0. The highest BCUT2D eigenvalue weighted by molar-refractivity contribution is 6.20. The van der Waals surface area contributed by atoms with Crippen LogP contribution in [0.5, 0.6) is 0 Å². The molecule has 1 aliphatic carbocycles. The molecule has 1 aliphatic heterocycles. The molecule has 1 amide bonds. The van der Waals surface area contributed by atoms with Crippen LogP contribution in [0.4, 0.5) is 0 Å². The van der Waals surface area contributed by atoms with E-state index in [4.69, 9.17) is 11.6 Å². The van der Waals surface area contributed by atoms with Crippen LogP contribution in [0.1, 0.15) is 64.7 Å². The lowest BCUT2D eigenvalue weighted by molar-refractivity contribution is -0.140. The fraction of sp³-hybridized carbons (Fsp3) is 0.933. The molecule has 0 bridgehead atoms. The third-order valence-electron chi connectivity index (χ3n) is 4.46. The van der Waals surface area contributed by atoms with Crippen LogP contribution >= 0.6 is 11.6 Å². The van der Waals surface area contributed by atoms with Crippen molar-refractivity contribution in [1.29, 1.82) is 0 Å². The molecule has 1 saturated heterocycles. The highest BCUT2D eigenvalue weighted by Gasteiger charge is 2.32. The van der Waals surface area contributed by atoms with Crippen molar-refractivity contribution in [2.24, 2.45) is 5.92 Å². The molecular weight excluding hydrogens is 246 g/mol. The number of rotatable bonds is 3. The van der Waals surface area contributed by atoms with Gasteiger partial charge in [0.1, 0.15) is 0 Å². The quantitative estimate of drug-likeness (QED) is 0.712. The zero-order valence-electron chi connectivity index (χ0n) is 11.5. The van der Waals surface area contributed by atoms with Gasteiger partial charge in [-0.15, -0.1) is 11.6 Å². The second-order valence-electron chi connectivity index (χ2n) is 6.03. The van der Waals surface area contributed by atoms with Crippen LogP contribution in [0.25, 0.3) is 0 Å². The summed E-state index contributed by atoms with van der Waals surface area (Å²) in [6.07, 6.45) is 10.5. The lowest BCUT2D eigenvalue weighted by atomic mass is 9.86. The molecule has 0 N–H and O–H groups in total. The average molecular weight is 272 g/mol.